The number of methoxy groups -OCH3 is 1. The van der Waals surface area contributed by atoms with Gasteiger partial charge in [0.2, 0.25) is 0 Å². The molecular weight excluding hydrogens is 362 g/mol. The molecule has 0 aliphatic rings. The minimum Gasteiger partial charge on any atom is -0.496 e. The van der Waals surface area contributed by atoms with Crippen LogP contribution in [0.1, 0.15) is 42.3 Å². The largest absolute Gasteiger partial charge is 0.496 e. The van der Waals surface area contributed by atoms with Crippen molar-refractivity contribution in [2.24, 2.45) is 0 Å². The molecule has 0 spiro atoms. The monoisotopic (exact) mass is 389 g/mol. The molecule has 0 bridgehead atoms. The Morgan fingerprint density at radius 1 is 1.03 bits per heavy atom. The molecule has 2 N–H and O–H groups in total. The second-order valence-corrected chi connectivity index (χ2v) is 7.88. The molecule has 150 valence electrons. The molecule has 5 heteroatoms. The molecule has 2 aromatic carbocycles. The van der Waals surface area contributed by atoms with Gasteiger partial charge in [-0.3, -0.25) is 9.78 Å². The van der Waals surface area contributed by atoms with E-state index < -0.39 is 0 Å². The van der Waals surface area contributed by atoms with Crippen molar-refractivity contribution in [3.63, 3.8) is 0 Å². The van der Waals surface area contributed by atoms with E-state index in [2.05, 4.69) is 36.4 Å². The highest BCUT2D eigenvalue weighted by molar-refractivity contribution is 6.05. The molecule has 1 amide bonds. The van der Waals surface area contributed by atoms with E-state index >= 15 is 0 Å². The van der Waals surface area contributed by atoms with E-state index in [9.17, 15) is 4.79 Å². The number of carbonyl (C=O) groups is 1. The van der Waals surface area contributed by atoms with Crippen molar-refractivity contribution in [3.8, 4) is 5.75 Å². The average molecular weight is 389 g/mol. The minimum atomic E-state index is -0.185. The van der Waals surface area contributed by atoms with E-state index in [0.717, 1.165) is 28.3 Å². The highest BCUT2D eigenvalue weighted by Crippen LogP contribution is 2.29. The van der Waals surface area contributed by atoms with Crippen molar-refractivity contribution in [2.45, 2.75) is 32.7 Å². The molecule has 1 heterocycles. The lowest BCUT2D eigenvalue weighted by Crippen LogP contribution is -2.19. The summed E-state index contributed by atoms with van der Waals surface area (Å²) in [6.45, 7) is 6.95. The lowest BCUT2D eigenvalue weighted by molar-refractivity contribution is 0.102. The molecule has 3 aromatic rings. The van der Waals surface area contributed by atoms with Crippen LogP contribution in [0.4, 0.5) is 11.4 Å². The fourth-order valence-electron chi connectivity index (χ4n) is 3.15. The third-order valence-electron chi connectivity index (χ3n) is 4.66. The van der Waals surface area contributed by atoms with E-state index in [1.165, 1.54) is 0 Å². The van der Waals surface area contributed by atoms with E-state index in [1.807, 2.05) is 48.5 Å². The Kier molecular flexibility index (Phi) is 6.17. The van der Waals surface area contributed by atoms with Crippen molar-refractivity contribution in [1.29, 1.82) is 0 Å². The number of benzene rings is 2. The van der Waals surface area contributed by atoms with Crippen LogP contribution in [0, 0.1) is 0 Å². The predicted molar refractivity (Wildman–Crippen MR) is 118 cm³/mol. The fraction of sp³-hybridized carbons (Fsp3) is 0.250. The number of carbonyl (C=O) groups excluding carboxylic acids is 1. The maximum absolute atomic E-state index is 12.8. The Morgan fingerprint density at radius 2 is 1.76 bits per heavy atom. The lowest BCUT2D eigenvalue weighted by atomic mass is 9.86. The van der Waals surface area contributed by atoms with Gasteiger partial charge in [0.25, 0.3) is 5.91 Å². The molecule has 3 rings (SSSR count). The number of nitrogens with zero attached hydrogens (tertiary/aromatic N) is 1. The molecule has 0 saturated carbocycles. The summed E-state index contributed by atoms with van der Waals surface area (Å²) < 4.78 is 5.38. The molecule has 0 aliphatic heterocycles. The van der Waals surface area contributed by atoms with Crippen LogP contribution in [0.25, 0.3) is 0 Å². The second-order valence-electron chi connectivity index (χ2n) is 7.88. The van der Waals surface area contributed by atoms with Gasteiger partial charge in [0.15, 0.2) is 0 Å². The van der Waals surface area contributed by atoms with E-state index in [4.69, 9.17) is 4.74 Å². The summed E-state index contributed by atoms with van der Waals surface area (Å²) in [5.41, 5.74) is 4.14. The second kappa shape index (κ2) is 8.78. The first-order valence-corrected chi connectivity index (χ1v) is 9.60. The summed E-state index contributed by atoms with van der Waals surface area (Å²) in [5.74, 6) is 0.635. The third-order valence-corrected chi connectivity index (χ3v) is 4.66. The number of rotatable bonds is 6. The van der Waals surface area contributed by atoms with Gasteiger partial charge in [-0.25, -0.2) is 0 Å². The molecule has 0 saturated heterocycles. The highest BCUT2D eigenvalue weighted by Gasteiger charge is 2.19. The van der Waals surface area contributed by atoms with Gasteiger partial charge >= 0.3 is 0 Å². The van der Waals surface area contributed by atoms with Gasteiger partial charge in [-0.15, -0.1) is 0 Å². The van der Waals surface area contributed by atoms with E-state index in [0.29, 0.717) is 12.1 Å². The zero-order valence-corrected chi connectivity index (χ0v) is 17.3. The van der Waals surface area contributed by atoms with Gasteiger partial charge in [-0.05, 0) is 29.2 Å². The summed E-state index contributed by atoms with van der Waals surface area (Å²) in [6, 6.07) is 17.5. The molecule has 0 atom stereocenters. The number of ether oxygens (including phenoxy) is 1. The van der Waals surface area contributed by atoms with Crippen LogP contribution in [-0.4, -0.2) is 18.0 Å². The first-order valence-electron chi connectivity index (χ1n) is 9.60. The Morgan fingerprint density at radius 3 is 2.52 bits per heavy atom. The van der Waals surface area contributed by atoms with Crippen molar-refractivity contribution >= 4 is 17.3 Å². The van der Waals surface area contributed by atoms with E-state index in [-0.39, 0.29) is 11.3 Å². The van der Waals surface area contributed by atoms with Gasteiger partial charge in [0.05, 0.1) is 18.4 Å². The van der Waals surface area contributed by atoms with Crippen LogP contribution < -0.4 is 15.4 Å². The van der Waals surface area contributed by atoms with E-state index in [1.54, 1.807) is 25.6 Å². The van der Waals surface area contributed by atoms with Crippen LogP contribution in [0.5, 0.6) is 5.75 Å². The van der Waals surface area contributed by atoms with Crippen LogP contribution >= 0.6 is 0 Å². The molecule has 5 nitrogen and oxygen atoms in total. The van der Waals surface area contributed by atoms with Crippen molar-refractivity contribution in [2.75, 3.05) is 17.7 Å². The van der Waals surface area contributed by atoms with Crippen molar-refractivity contribution in [1.82, 2.24) is 4.98 Å². The lowest BCUT2D eigenvalue weighted by Gasteiger charge is -2.23. The standard InChI is InChI=1S/C24H27N3O2/c1-24(2,3)20-10-6-7-11-21(20)27-23(28)18-13-19(16-25-14-18)26-15-17-9-5-8-12-22(17)29-4/h5-14,16,26H,15H2,1-4H3,(H,27,28). The number of hydrogen-bond acceptors (Lipinski definition) is 4. The summed E-state index contributed by atoms with van der Waals surface area (Å²) in [4.78, 5) is 17.0. The van der Waals surface area contributed by atoms with Gasteiger partial charge in [0.1, 0.15) is 5.75 Å². The van der Waals surface area contributed by atoms with Crippen molar-refractivity contribution < 1.29 is 9.53 Å². The number of hydrogen-bond donors (Lipinski definition) is 2. The zero-order valence-electron chi connectivity index (χ0n) is 17.3. The van der Waals surface area contributed by atoms with Gasteiger partial charge in [-0.1, -0.05) is 57.2 Å². The van der Waals surface area contributed by atoms with Crippen LogP contribution in [-0.2, 0) is 12.0 Å². The minimum absolute atomic E-state index is 0.0692. The number of aromatic nitrogens is 1. The molecule has 29 heavy (non-hydrogen) atoms. The smallest absolute Gasteiger partial charge is 0.257 e. The van der Waals surface area contributed by atoms with Gasteiger partial charge in [0, 0.05) is 30.2 Å². The van der Waals surface area contributed by atoms with Crippen LogP contribution in [0.3, 0.4) is 0 Å². The first kappa shape index (κ1) is 20.4. The number of para-hydroxylation sites is 2. The summed E-state index contributed by atoms with van der Waals surface area (Å²) in [7, 11) is 1.65. The Bertz CT molecular complexity index is 993. The average Bonchev–Trinajstić information content (AvgIpc) is 2.72. The number of anilines is 2. The predicted octanol–water partition coefficient (Wildman–Crippen LogP) is 5.25. The normalized spacial score (nSPS) is 11.0. The van der Waals surface area contributed by atoms with Gasteiger partial charge in [-0.2, -0.15) is 0 Å². The fourth-order valence-corrected chi connectivity index (χ4v) is 3.15. The molecule has 1 aromatic heterocycles. The van der Waals surface area contributed by atoms with Crippen LogP contribution in [0.15, 0.2) is 67.0 Å². The van der Waals surface area contributed by atoms with Crippen LogP contribution in [0.2, 0.25) is 0 Å². The Labute approximate surface area is 172 Å². The number of nitrogens with one attached hydrogen (secondary N) is 2. The molecule has 0 fully saturated rings. The summed E-state index contributed by atoms with van der Waals surface area (Å²) >= 11 is 0. The Balaban J connectivity index is 1.74. The number of pyridine rings is 1. The first-order chi connectivity index (χ1) is 13.9. The maximum Gasteiger partial charge on any atom is 0.257 e. The molecule has 0 radical (unpaired) electrons. The quantitative estimate of drug-likeness (QED) is 0.604. The zero-order chi connectivity index (χ0) is 20.9. The maximum atomic E-state index is 12.8. The topological polar surface area (TPSA) is 63.2 Å². The molecule has 0 aliphatic carbocycles. The third kappa shape index (κ3) is 5.13. The highest BCUT2D eigenvalue weighted by atomic mass is 16.5. The number of amides is 1. The molecule has 0 unspecified atom stereocenters. The summed E-state index contributed by atoms with van der Waals surface area (Å²) in [6.07, 6.45) is 3.28. The SMILES string of the molecule is COc1ccccc1CNc1cncc(C(=O)Nc2ccccc2C(C)(C)C)c1. The van der Waals surface area contributed by atoms with Gasteiger partial charge < -0.3 is 15.4 Å². The molecular formula is C24H27N3O2. The summed E-state index contributed by atoms with van der Waals surface area (Å²) in [5, 5.41) is 6.33. The van der Waals surface area contributed by atoms with Crippen molar-refractivity contribution in [3.05, 3.63) is 83.7 Å². The Hall–Kier alpha value is -3.34.